The number of aromatic carboxylic acids is 1. The first-order chi connectivity index (χ1) is 8.74. The van der Waals surface area contributed by atoms with E-state index in [0.717, 1.165) is 22.2 Å². The van der Waals surface area contributed by atoms with Crippen LogP contribution in [0.25, 0.3) is 22.2 Å². The summed E-state index contributed by atoms with van der Waals surface area (Å²) in [4.78, 5) is 18.0. The molecule has 3 rings (SSSR count). The van der Waals surface area contributed by atoms with Gasteiger partial charge in [-0.15, -0.1) is 0 Å². The van der Waals surface area contributed by atoms with Crippen molar-refractivity contribution in [2.75, 3.05) is 0 Å². The van der Waals surface area contributed by atoms with Gasteiger partial charge in [0.05, 0.1) is 5.69 Å². The van der Waals surface area contributed by atoms with E-state index in [1.807, 2.05) is 36.4 Å². The van der Waals surface area contributed by atoms with Gasteiger partial charge in [0.15, 0.2) is 0 Å². The van der Waals surface area contributed by atoms with Crippen LogP contribution in [0, 0.1) is 0 Å². The summed E-state index contributed by atoms with van der Waals surface area (Å²) in [6, 6.07) is 13.1. The van der Waals surface area contributed by atoms with Gasteiger partial charge in [-0.05, 0) is 30.3 Å². The van der Waals surface area contributed by atoms with E-state index in [1.54, 1.807) is 12.3 Å². The normalized spacial score (nSPS) is 10.7. The van der Waals surface area contributed by atoms with Gasteiger partial charge in [0.1, 0.15) is 5.69 Å². The highest BCUT2D eigenvalue weighted by molar-refractivity contribution is 5.95. The Morgan fingerprint density at radius 3 is 2.78 bits per heavy atom. The molecule has 1 aromatic carbocycles. The number of fused-ring (bicyclic) bond motifs is 1. The smallest absolute Gasteiger partial charge is 0.352 e. The van der Waals surface area contributed by atoms with E-state index in [4.69, 9.17) is 5.11 Å². The molecule has 0 atom stereocenters. The molecule has 0 aliphatic heterocycles. The molecule has 0 spiro atoms. The molecule has 2 heterocycles. The van der Waals surface area contributed by atoms with Crippen LogP contribution in [0.2, 0.25) is 0 Å². The molecule has 0 saturated heterocycles. The first-order valence-corrected chi connectivity index (χ1v) is 5.51. The van der Waals surface area contributed by atoms with Crippen LogP contribution < -0.4 is 0 Å². The van der Waals surface area contributed by atoms with Crippen LogP contribution in [-0.4, -0.2) is 21.0 Å². The van der Waals surface area contributed by atoms with Gasteiger partial charge in [-0.1, -0.05) is 12.1 Å². The predicted octanol–water partition coefficient (Wildman–Crippen LogP) is 2.93. The Morgan fingerprint density at radius 1 is 1.17 bits per heavy atom. The zero-order valence-corrected chi connectivity index (χ0v) is 9.42. The van der Waals surface area contributed by atoms with Crippen molar-refractivity contribution in [1.82, 2.24) is 9.97 Å². The first kappa shape index (κ1) is 10.5. The SMILES string of the molecule is O=C(O)c1cc2cc(-c3ccccn3)ccc2[nH]1. The van der Waals surface area contributed by atoms with Crippen LogP contribution >= 0.6 is 0 Å². The minimum atomic E-state index is -0.953. The number of carboxylic acid groups (broad SMARTS) is 1. The molecule has 18 heavy (non-hydrogen) atoms. The number of rotatable bonds is 2. The molecule has 0 aliphatic carbocycles. The molecule has 0 unspecified atom stereocenters. The number of benzene rings is 1. The number of carbonyl (C=O) groups is 1. The summed E-state index contributed by atoms with van der Waals surface area (Å²) in [6.45, 7) is 0. The Bertz CT molecular complexity index is 717. The topological polar surface area (TPSA) is 66.0 Å². The van der Waals surface area contributed by atoms with Crippen molar-refractivity contribution >= 4 is 16.9 Å². The summed E-state index contributed by atoms with van der Waals surface area (Å²) < 4.78 is 0. The van der Waals surface area contributed by atoms with Crippen molar-refractivity contribution in [2.45, 2.75) is 0 Å². The summed E-state index contributed by atoms with van der Waals surface area (Å²) in [6.07, 6.45) is 1.74. The quantitative estimate of drug-likeness (QED) is 0.721. The Labute approximate surface area is 103 Å². The van der Waals surface area contributed by atoms with Crippen LogP contribution in [-0.2, 0) is 0 Å². The van der Waals surface area contributed by atoms with E-state index in [0.29, 0.717) is 0 Å². The number of aromatic amines is 1. The molecule has 2 N–H and O–H groups in total. The molecule has 0 radical (unpaired) electrons. The number of nitrogens with one attached hydrogen (secondary N) is 1. The lowest BCUT2D eigenvalue weighted by Crippen LogP contribution is -1.94. The molecule has 0 aliphatic rings. The van der Waals surface area contributed by atoms with E-state index in [9.17, 15) is 4.79 Å². The van der Waals surface area contributed by atoms with E-state index < -0.39 is 5.97 Å². The van der Waals surface area contributed by atoms with Gasteiger partial charge < -0.3 is 10.1 Å². The average molecular weight is 238 g/mol. The van der Waals surface area contributed by atoms with Gasteiger partial charge >= 0.3 is 5.97 Å². The lowest BCUT2D eigenvalue weighted by molar-refractivity contribution is 0.0691. The van der Waals surface area contributed by atoms with E-state index in [1.165, 1.54) is 0 Å². The number of hydrogen-bond acceptors (Lipinski definition) is 2. The van der Waals surface area contributed by atoms with Gasteiger partial charge in [-0.3, -0.25) is 4.98 Å². The molecular weight excluding hydrogens is 228 g/mol. The van der Waals surface area contributed by atoms with Crippen LogP contribution in [0.4, 0.5) is 0 Å². The van der Waals surface area contributed by atoms with Crippen molar-refractivity contribution in [3.8, 4) is 11.3 Å². The highest BCUT2D eigenvalue weighted by atomic mass is 16.4. The van der Waals surface area contributed by atoms with Crippen molar-refractivity contribution in [2.24, 2.45) is 0 Å². The lowest BCUT2D eigenvalue weighted by Gasteiger charge is -1.99. The highest BCUT2D eigenvalue weighted by Gasteiger charge is 2.08. The second-order valence-electron chi connectivity index (χ2n) is 4.01. The number of nitrogens with zero attached hydrogens (tertiary/aromatic N) is 1. The summed E-state index contributed by atoms with van der Waals surface area (Å²) in [5, 5.41) is 9.80. The third-order valence-electron chi connectivity index (χ3n) is 2.81. The molecule has 4 heteroatoms. The molecule has 0 bridgehead atoms. The van der Waals surface area contributed by atoms with Gasteiger partial charge in [0, 0.05) is 22.7 Å². The summed E-state index contributed by atoms with van der Waals surface area (Å²) >= 11 is 0. The second-order valence-corrected chi connectivity index (χ2v) is 4.01. The van der Waals surface area contributed by atoms with Crippen LogP contribution in [0.3, 0.4) is 0 Å². The zero-order chi connectivity index (χ0) is 12.5. The average Bonchev–Trinajstić information content (AvgIpc) is 2.82. The minimum absolute atomic E-state index is 0.197. The number of hydrogen-bond donors (Lipinski definition) is 2. The van der Waals surface area contributed by atoms with Crippen molar-refractivity contribution in [3.05, 3.63) is 54.4 Å². The standard InChI is InChI=1S/C14H10N2O2/c17-14(18)13-8-10-7-9(4-5-12(10)16-13)11-3-1-2-6-15-11/h1-8,16H,(H,17,18). The summed E-state index contributed by atoms with van der Waals surface area (Å²) in [7, 11) is 0. The van der Waals surface area contributed by atoms with Gasteiger partial charge in [0.2, 0.25) is 0 Å². The van der Waals surface area contributed by atoms with Crippen molar-refractivity contribution in [1.29, 1.82) is 0 Å². The number of carboxylic acids is 1. The van der Waals surface area contributed by atoms with Crippen molar-refractivity contribution < 1.29 is 9.90 Å². The number of H-pyrrole nitrogens is 1. The fourth-order valence-electron chi connectivity index (χ4n) is 1.94. The molecule has 0 fully saturated rings. The van der Waals surface area contributed by atoms with E-state index >= 15 is 0 Å². The largest absolute Gasteiger partial charge is 0.477 e. The fraction of sp³-hybridized carbons (Fsp3) is 0. The summed E-state index contributed by atoms with van der Waals surface area (Å²) in [5.41, 5.74) is 2.85. The van der Waals surface area contributed by atoms with Gasteiger partial charge in [-0.25, -0.2) is 4.79 Å². The maximum atomic E-state index is 10.9. The Morgan fingerprint density at radius 2 is 2.06 bits per heavy atom. The Hall–Kier alpha value is -2.62. The predicted molar refractivity (Wildman–Crippen MR) is 68.5 cm³/mol. The number of aromatic nitrogens is 2. The third kappa shape index (κ3) is 1.73. The molecule has 0 saturated carbocycles. The molecule has 0 amide bonds. The Kier molecular flexibility index (Phi) is 2.34. The minimum Gasteiger partial charge on any atom is -0.477 e. The zero-order valence-electron chi connectivity index (χ0n) is 9.42. The molecule has 88 valence electrons. The third-order valence-corrected chi connectivity index (χ3v) is 2.81. The second kappa shape index (κ2) is 4.00. The van der Waals surface area contributed by atoms with Crippen molar-refractivity contribution in [3.63, 3.8) is 0 Å². The number of pyridine rings is 1. The molecule has 4 nitrogen and oxygen atoms in total. The fourth-order valence-corrected chi connectivity index (χ4v) is 1.94. The van der Waals surface area contributed by atoms with Crippen LogP contribution in [0.15, 0.2) is 48.7 Å². The highest BCUT2D eigenvalue weighted by Crippen LogP contribution is 2.23. The Balaban J connectivity index is 2.14. The van der Waals surface area contributed by atoms with Gasteiger partial charge in [0.25, 0.3) is 0 Å². The van der Waals surface area contributed by atoms with E-state index in [2.05, 4.69) is 9.97 Å². The van der Waals surface area contributed by atoms with Crippen LogP contribution in [0.1, 0.15) is 10.5 Å². The maximum absolute atomic E-state index is 10.9. The van der Waals surface area contributed by atoms with Crippen LogP contribution in [0.5, 0.6) is 0 Å². The molecule has 2 aromatic heterocycles. The van der Waals surface area contributed by atoms with Gasteiger partial charge in [-0.2, -0.15) is 0 Å². The van der Waals surface area contributed by atoms with E-state index in [-0.39, 0.29) is 5.69 Å². The molecule has 3 aromatic rings. The monoisotopic (exact) mass is 238 g/mol. The summed E-state index contributed by atoms with van der Waals surface area (Å²) in [5.74, 6) is -0.953. The first-order valence-electron chi connectivity index (χ1n) is 5.51. The maximum Gasteiger partial charge on any atom is 0.352 e. The lowest BCUT2D eigenvalue weighted by atomic mass is 10.1. The molecular formula is C14H10N2O2.